The summed E-state index contributed by atoms with van der Waals surface area (Å²) in [5.74, 6) is -3.63. The monoisotopic (exact) mass is 264 g/mol. The van der Waals surface area contributed by atoms with Crippen LogP contribution in [0.1, 0.15) is 39.6 Å². The fourth-order valence-corrected chi connectivity index (χ4v) is 2.28. The molecule has 6 nitrogen and oxygen atoms in total. The second-order valence-corrected chi connectivity index (χ2v) is 4.71. The minimum Gasteiger partial charge on any atom is -0.507 e. The Balaban J connectivity index is 2.72. The second kappa shape index (κ2) is 3.89. The van der Waals surface area contributed by atoms with Crippen molar-refractivity contribution in [2.45, 2.75) is 25.9 Å². The van der Waals surface area contributed by atoms with E-state index in [9.17, 15) is 29.7 Å². The van der Waals surface area contributed by atoms with Crippen LogP contribution in [-0.2, 0) is 4.79 Å². The van der Waals surface area contributed by atoms with Gasteiger partial charge in [0, 0.05) is 6.42 Å². The fourth-order valence-electron chi connectivity index (χ4n) is 2.28. The SMILES string of the molecule is CC(=O)C[C@@]1(O)C(=O)c2c(O)cc(C)c(O)c2C1=O. The first-order valence-electron chi connectivity index (χ1n) is 5.57. The molecule has 0 saturated heterocycles. The number of aliphatic hydroxyl groups is 1. The number of fused-ring (bicyclic) bond motifs is 1. The van der Waals surface area contributed by atoms with E-state index in [1.807, 2.05) is 0 Å². The summed E-state index contributed by atoms with van der Waals surface area (Å²) in [6.45, 7) is 2.57. The van der Waals surface area contributed by atoms with E-state index in [-0.39, 0.29) is 5.56 Å². The molecule has 3 N–H and O–H groups in total. The minimum absolute atomic E-state index is 0.199. The summed E-state index contributed by atoms with van der Waals surface area (Å²) >= 11 is 0. The number of benzene rings is 1. The van der Waals surface area contributed by atoms with E-state index in [2.05, 4.69) is 0 Å². The third-order valence-electron chi connectivity index (χ3n) is 3.18. The first-order valence-corrected chi connectivity index (χ1v) is 5.57. The lowest BCUT2D eigenvalue weighted by Gasteiger charge is -2.16. The largest absolute Gasteiger partial charge is 0.507 e. The molecule has 0 unspecified atom stereocenters. The number of hydrogen-bond donors (Lipinski definition) is 3. The van der Waals surface area contributed by atoms with Gasteiger partial charge in [0.15, 0.2) is 5.60 Å². The summed E-state index contributed by atoms with van der Waals surface area (Å²) in [6.07, 6.45) is -0.683. The summed E-state index contributed by atoms with van der Waals surface area (Å²) in [4.78, 5) is 35.2. The summed E-state index contributed by atoms with van der Waals surface area (Å²) in [7, 11) is 0. The van der Waals surface area contributed by atoms with Crippen LogP contribution in [0.25, 0.3) is 0 Å². The van der Waals surface area contributed by atoms with Crippen LogP contribution in [0.15, 0.2) is 6.07 Å². The molecule has 0 aromatic heterocycles. The van der Waals surface area contributed by atoms with Gasteiger partial charge in [0.05, 0.1) is 11.1 Å². The number of hydrogen-bond acceptors (Lipinski definition) is 6. The van der Waals surface area contributed by atoms with Gasteiger partial charge in [-0.15, -0.1) is 0 Å². The van der Waals surface area contributed by atoms with E-state index in [0.29, 0.717) is 0 Å². The molecule has 0 bridgehead atoms. The third kappa shape index (κ3) is 1.64. The fraction of sp³-hybridized carbons (Fsp3) is 0.308. The Morgan fingerprint density at radius 2 is 1.74 bits per heavy atom. The molecule has 19 heavy (non-hydrogen) atoms. The average molecular weight is 264 g/mol. The molecule has 0 amide bonds. The molecule has 1 aliphatic carbocycles. The van der Waals surface area contributed by atoms with Gasteiger partial charge in [0.25, 0.3) is 0 Å². The molecule has 1 aliphatic rings. The summed E-state index contributed by atoms with van der Waals surface area (Å²) in [6, 6.07) is 1.12. The molecule has 0 fully saturated rings. The molecule has 6 heteroatoms. The highest BCUT2D eigenvalue weighted by Crippen LogP contribution is 2.43. The van der Waals surface area contributed by atoms with Crippen molar-refractivity contribution in [2.24, 2.45) is 0 Å². The zero-order valence-electron chi connectivity index (χ0n) is 10.4. The standard InChI is InChI=1S/C13H12O6/c1-5-3-7(15)8-9(10(5)16)12(18)13(19,11(8)17)4-6(2)14/h3,15-16,19H,4H2,1-2H3/t13-/m1/s1. The maximum Gasteiger partial charge on any atom is 0.207 e. The number of carbonyl (C=O) groups is 3. The van der Waals surface area contributed by atoms with Crippen LogP contribution in [-0.4, -0.2) is 38.3 Å². The highest BCUT2D eigenvalue weighted by Gasteiger charge is 2.55. The van der Waals surface area contributed by atoms with Crippen LogP contribution in [0.5, 0.6) is 11.5 Å². The van der Waals surface area contributed by atoms with Crippen LogP contribution < -0.4 is 0 Å². The Bertz CT molecular complexity index is 631. The van der Waals surface area contributed by atoms with Crippen LogP contribution in [0, 0.1) is 6.92 Å². The van der Waals surface area contributed by atoms with Crippen molar-refractivity contribution in [3.8, 4) is 11.5 Å². The van der Waals surface area contributed by atoms with Crippen molar-refractivity contribution in [2.75, 3.05) is 0 Å². The van der Waals surface area contributed by atoms with Gasteiger partial charge < -0.3 is 15.3 Å². The highest BCUT2D eigenvalue weighted by molar-refractivity contribution is 6.34. The number of Topliss-reactive ketones (excluding diaryl/α,β-unsaturated/α-hetero) is 3. The molecule has 0 heterocycles. The van der Waals surface area contributed by atoms with E-state index in [1.54, 1.807) is 0 Å². The van der Waals surface area contributed by atoms with Crippen LogP contribution in [0.3, 0.4) is 0 Å². The number of carbonyl (C=O) groups excluding carboxylic acids is 3. The quantitative estimate of drug-likeness (QED) is 0.529. The molecule has 1 aromatic carbocycles. The average Bonchev–Trinajstić information content (AvgIpc) is 2.48. The molecular formula is C13H12O6. The van der Waals surface area contributed by atoms with Gasteiger partial charge in [-0.2, -0.15) is 0 Å². The van der Waals surface area contributed by atoms with Gasteiger partial charge in [-0.25, -0.2) is 0 Å². The van der Waals surface area contributed by atoms with Gasteiger partial charge in [0.1, 0.15) is 17.3 Å². The second-order valence-electron chi connectivity index (χ2n) is 4.71. The van der Waals surface area contributed by atoms with Crippen molar-refractivity contribution in [1.29, 1.82) is 0 Å². The van der Waals surface area contributed by atoms with Crippen LogP contribution in [0.2, 0.25) is 0 Å². The lowest BCUT2D eigenvalue weighted by molar-refractivity contribution is -0.119. The van der Waals surface area contributed by atoms with Gasteiger partial charge in [-0.1, -0.05) is 0 Å². The Kier molecular flexibility index (Phi) is 2.71. The zero-order chi connectivity index (χ0) is 14.5. The molecular weight excluding hydrogens is 252 g/mol. The zero-order valence-corrected chi connectivity index (χ0v) is 10.4. The van der Waals surface area contributed by atoms with Gasteiger partial charge in [-0.3, -0.25) is 14.4 Å². The van der Waals surface area contributed by atoms with Crippen molar-refractivity contribution in [1.82, 2.24) is 0 Å². The molecule has 0 spiro atoms. The first-order chi connectivity index (χ1) is 8.70. The van der Waals surface area contributed by atoms with E-state index < -0.39 is 52.0 Å². The molecule has 100 valence electrons. The van der Waals surface area contributed by atoms with Crippen molar-refractivity contribution in [3.05, 3.63) is 22.8 Å². The number of ketones is 3. The lowest BCUT2D eigenvalue weighted by Crippen LogP contribution is -2.42. The lowest BCUT2D eigenvalue weighted by atomic mass is 9.92. The number of aryl methyl sites for hydroxylation is 1. The van der Waals surface area contributed by atoms with Crippen LogP contribution in [0.4, 0.5) is 0 Å². The van der Waals surface area contributed by atoms with Crippen molar-refractivity contribution >= 4 is 17.3 Å². The highest BCUT2D eigenvalue weighted by atomic mass is 16.3. The Labute approximate surface area is 108 Å². The number of aromatic hydroxyl groups is 2. The Morgan fingerprint density at radius 3 is 2.26 bits per heavy atom. The first kappa shape index (κ1) is 13.2. The van der Waals surface area contributed by atoms with Crippen molar-refractivity contribution in [3.63, 3.8) is 0 Å². The van der Waals surface area contributed by atoms with Crippen molar-refractivity contribution < 1.29 is 29.7 Å². The predicted molar refractivity (Wildman–Crippen MR) is 63.4 cm³/mol. The molecule has 0 aliphatic heterocycles. The Morgan fingerprint density at radius 1 is 1.21 bits per heavy atom. The Hall–Kier alpha value is -2.21. The molecule has 0 radical (unpaired) electrons. The summed E-state index contributed by atoms with van der Waals surface area (Å²) in [5, 5.41) is 29.6. The number of rotatable bonds is 2. The third-order valence-corrected chi connectivity index (χ3v) is 3.18. The van der Waals surface area contributed by atoms with E-state index >= 15 is 0 Å². The summed E-state index contributed by atoms with van der Waals surface area (Å²) < 4.78 is 0. The smallest absolute Gasteiger partial charge is 0.207 e. The predicted octanol–water partition coefficient (Wildman–Crippen LogP) is 0.495. The maximum atomic E-state index is 12.1. The molecule has 2 rings (SSSR count). The van der Waals surface area contributed by atoms with Gasteiger partial charge in [0.2, 0.25) is 11.6 Å². The normalized spacial score (nSPS) is 21.6. The van der Waals surface area contributed by atoms with Gasteiger partial charge in [-0.05, 0) is 25.5 Å². The van der Waals surface area contributed by atoms with E-state index in [0.717, 1.165) is 13.0 Å². The topological polar surface area (TPSA) is 112 Å². The minimum atomic E-state index is -2.53. The maximum absolute atomic E-state index is 12.1. The molecule has 0 saturated carbocycles. The number of phenolic OH excluding ortho intramolecular Hbond substituents is 2. The van der Waals surface area contributed by atoms with Gasteiger partial charge >= 0.3 is 0 Å². The van der Waals surface area contributed by atoms with E-state index in [1.165, 1.54) is 6.92 Å². The molecule has 1 aromatic rings. The molecule has 1 atom stereocenters. The number of phenols is 2. The van der Waals surface area contributed by atoms with E-state index in [4.69, 9.17) is 0 Å². The summed E-state index contributed by atoms with van der Waals surface area (Å²) in [5.41, 5.74) is -3.19. The van der Waals surface area contributed by atoms with Crippen LogP contribution >= 0.6 is 0 Å².